The molecular formula is C12H13Cl3N2O. The van der Waals surface area contributed by atoms with Gasteiger partial charge in [0.2, 0.25) is 5.91 Å². The van der Waals surface area contributed by atoms with Crippen molar-refractivity contribution in [2.75, 3.05) is 0 Å². The Kier molecular flexibility index (Phi) is 6.47. The number of hydrogen-bond donors (Lipinski definition) is 1. The molecule has 98 valence electrons. The lowest BCUT2D eigenvalue weighted by Crippen LogP contribution is -2.16. The number of rotatable bonds is 5. The van der Waals surface area contributed by atoms with E-state index >= 15 is 0 Å². The van der Waals surface area contributed by atoms with Gasteiger partial charge in [-0.1, -0.05) is 48.1 Å². The Morgan fingerprint density at radius 3 is 2.67 bits per heavy atom. The largest absolute Gasteiger partial charge is 0.273 e. The summed E-state index contributed by atoms with van der Waals surface area (Å²) in [5.74, 6) is -0.137. The molecule has 0 unspecified atom stereocenters. The molecule has 1 N–H and O–H groups in total. The van der Waals surface area contributed by atoms with Crippen LogP contribution in [0.3, 0.4) is 0 Å². The third-order valence-electron chi connectivity index (χ3n) is 2.22. The third kappa shape index (κ3) is 4.48. The average molecular weight is 308 g/mol. The van der Waals surface area contributed by atoms with Crippen LogP contribution in [0, 0.1) is 0 Å². The molecule has 0 aromatic heterocycles. The number of halogens is 3. The lowest BCUT2D eigenvalue weighted by atomic mass is 10.2. The lowest BCUT2D eigenvalue weighted by Gasteiger charge is -2.03. The van der Waals surface area contributed by atoms with Crippen molar-refractivity contribution in [1.29, 1.82) is 0 Å². The molecule has 1 aromatic rings. The normalized spacial score (nSPS) is 10.9. The van der Waals surface area contributed by atoms with Crippen LogP contribution in [0.2, 0.25) is 15.1 Å². The van der Waals surface area contributed by atoms with Crippen LogP contribution in [0.5, 0.6) is 0 Å². The summed E-state index contributed by atoms with van der Waals surface area (Å²) in [7, 11) is 0. The molecule has 0 spiro atoms. The molecule has 0 aliphatic heterocycles. The second-order valence-corrected chi connectivity index (χ2v) is 4.85. The Morgan fingerprint density at radius 2 is 2.00 bits per heavy atom. The molecule has 6 heteroatoms. The van der Waals surface area contributed by atoms with Crippen LogP contribution < -0.4 is 5.43 Å². The summed E-state index contributed by atoms with van der Waals surface area (Å²) < 4.78 is 0. The Hall–Kier alpha value is -0.770. The maximum Gasteiger partial charge on any atom is 0.240 e. The monoisotopic (exact) mass is 306 g/mol. The number of amides is 1. The predicted molar refractivity (Wildman–Crippen MR) is 76.7 cm³/mol. The molecule has 0 atom stereocenters. The van der Waals surface area contributed by atoms with Crippen LogP contribution in [0.25, 0.3) is 0 Å². The molecule has 1 aromatic carbocycles. The van der Waals surface area contributed by atoms with Crippen LogP contribution in [0.4, 0.5) is 0 Å². The van der Waals surface area contributed by atoms with Gasteiger partial charge in [0, 0.05) is 12.0 Å². The molecule has 0 saturated carbocycles. The highest BCUT2D eigenvalue weighted by atomic mass is 35.5. The van der Waals surface area contributed by atoms with Crippen molar-refractivity contribution in [2.24, 2.45) is 5.10 Å². The lowest BCUT2D eigenvalue weighted by molar-refractivity contribution is -0.121. The summed E-state index contributed by atoms with van der Waals surface area (Å²) in [5.41, 5.74) is 2.90. The quantitative estimate of drug-likeness (QED) is 0.492. The van der Waals surface area contributed by atoms with Gasteiger partial charge in [0.25, 0.3) is 0 Å². The molecule has 18 heavy (non-hydrogen) atoms. The van der Waals surface area contributed by atoms with Crippen LogP contribution >= 0.6 is 34.8 Å². The minimum absolute atomic E-state index is 0.137. The number of carbonyl (C=O) groups excluding carboxylic acids is 1. The summed E-state index contributed by atoms with van der Waals surface area (Å²) in [6.45, 7) is 2.02. The topological polar surface area (TPSA) is 41.5 Å². The molecule has 0 aliphatic carbocycles. The Morgan fingerprint density at radius 1 is 1.33 bits per heavy atom. The SMILES string of the molecule is CCCCC(=O)N/N=C/c1c(Cl)ccc(Cl)c1Cl. The van der Waals surface area contributed by atoms with Crippen LogP contribution in [-0.2, 0) is 4.79 Å². The predicted octanol–water partition coefficient (Wildman–Crippen LogP) is 4.29. The van der Waals surface area contributed by atoms with Crippen molar-refractivity contribution in [3.63, 3.8) is 0 Å². The molecule has 1 amide bonds. The second-order valence-electron chi connectivity index (χ2n) is 3.65. The van der Waals surface area contributed by atoms with Crippen LogP contribution in [0.15, 0.2) is 17.2 Å². The van der Waals surface area contributed by atoms with Crippen molar-refractivity contribution in [2.45, 2.75) is 26.2 Å². The summed E-state index contributed by atoms with van der Waals surface area (Å²) in [6.07, 6.45) is 3.63. The minimum atomic E-state index is -0.137. The Labute approximate surface area is 121 Å². The maximum absolute atomic E-state index is 11.3. The zero-order valence-electron chi connectivity index (χ0n) is 9.84. The number of nitrogens with zero attached hydrogens (tertiary/aromatic N) is 1. The van der Waals surface area contributed by atoms with Crippen molar-refractivity contribution in [3.05, 3.63) is 32.8 Å². The van der Waals surface area contributed by atoms with Gasteiger partial charge in [-0.3, -0.25) is 4.79 Å². The molecule has 0 aliphatic rings. The molecule has 0 saturated heterocycles. The highest BCUT2D eigenvalue weighted by Crippen LogP contribution is 2.29. The van der Waals surface area contributed by atoms with Crippen molar-refractivity contribution >= 4 is 46.9 Å². The van der Waals surface area contributed by atoms with Gasteiger partial charge in [0.15, 0.2) is 0 Å². The zero-order valence-corrected chi connectivity index (χ0v) is 12.1. The number of unbranched alkanes of at least 4 members (excludes halogenated alkanes) is 1. The fourth-order valence-electron chi connectivity index (χ4n) is 1.22. The van der Waals surface area contributed by atoms with Crippen LogP contribution in [-0.4, -0.2) is 12.1 Å². The number of benzene rings is 1. The van der Waals surface area contributed by atoms with E-state index in [-0.39, 0.29) is 5.91 Å². The summed E-state index contributed by atoms with van der Waals surface area (Å²) in [4.78, 5) is 11.3. The molecule has 0 heterocycles. The fraction of sp³-hybridized carbons (Fsp3) is 0.333. The van der Waals surface area contributed by atoms with Gasteiger partial charge >= 0.3 is 0 Å². The highest BCUT2D eigenvalue weighted by Gasteiger charge is 2.07. The smallest absolute Gasteiger partial charge is 0.240 e. The molecule has 0 radical (unpaired) electrons. The number of nitrogens with one attached hydrogen (secondary N) is 1. The third-order valence-corrected chi connectivity index (χ3v) is 3.37. The summed E-state index contributed by atoms with van der Waals surface area (Å²) in [6, 6.07) is 3.22. The first-order valence-corrected chi connectivity index (χ1v) is 6.65. The first-order valence-electron chi connectivity index (χ1n) is 5.51. The zero-order chi connectivity index (χ0) is 13.5. The van der Waals surface area contributed by atoms with E-state index < -0.39 is 0 Å². The summed E-state index contributed by atoms with van der Waals surface area (Å²) >= 11 is 17.8. The van der Waals surface area contributed by atoms with Gasteiger partial charge in [0.05, 0.1) is 21.3 Å². The first kappa shape index (κ1) is 15.3. The second kappa shape index (κ2) is 7.62. The average Bonchev–Trinajstić information content (AvgIpc) is 2.35. The van der Waals surface area contributed by atoms with Crippen molar-refractivity contribution < 1.29 is 4.79 Å². The molecule has 0 fully saturated rings. The standard InChI is InChI=1S/C12H13Cl3N2O/c1-2-3-4-11(18)17-16-7-8-9(13)5-6-10(14)12(8)15/h5-7H,2-4H2,1H3,(H,17,18)/b16-7+. The molecule has 1 rings (SSSR count). The number of hydrazone groups is 1. The first-order chi connectivity index (χ1) is 8.56. The molecular weight excluding hydrogens is 295 g/mol. The van der Waals surface area contributed by atoms with Gasteiger partial charge in [-0.05, 0) is 18.6 Å². The van der Waals surface area contributed by atoms with E-state index in [1.807, 2.05) is 6.92 Å². The van der Waals surface area contributed by atoms with E-state index in [1.54, 1.807) is 12.1 Å². The maximum atomic E-state index is 11.3. The van der Waals surface area contributed by atoms with Gasteiger partial charge in [-0.15, -0.1) is 0 Å². The fourth-order valence-corrected chi connectivity index (χ4v) is 1.86. The molecule has 3 nitrogen and oxygen atoms in total. The van der Waals surface area contributed by atoms with Crippen LogP contribution in [0.1, 0.15) is 31.7 Å². The van der Waals surface area contributed by atoms with Gasteiger partial charge in [-0.25, -0.2) is 5.43 Å². The van der Waals surface area contributed by atoms with E-state index in [9.17, 15) is 4.79 Å². The highest BCUT2D eigenvalue weighted by molar-refractivity contribution is 6.45. The van der Waals surface area contributed by atoms with E-state index in [2.05, 4.69) is 10.5 Å². The van der Waals surface area contributed by atoms with E-state index in [1.165, 1.54) is 6.21 Å². The Balaban J connectivity index is 2.68. The van der Waals surface area contributed by atoms with Gasteiger partial charge in [0.1, 0.15) is 0 Å². The van der Waals surface area contributed by atoms with Gasteiger partial charge in [-0.2, -0.15) is 5.10 Å². The van der Waals surface area contributed by atoms with E-state index in [0.29, 0.717) is 27.1 Å². The van der Waals surface area contributed by atoms with E-state index in [4.69, 9.17) is 34.8 Å². The molecule has 0 bridgehead atoms. The van der Waals surface area contributed by atoms with Gasteiger partial charge < -0.3 is 0 Å². The minimum Gasteiger partial charge on any atom is -0.273 e. The Bertz CT molecular complexity index is 461. The summed E-state index contributed by atoms with van der Waals surface area (Å²) in [5, 5.41) is 4.94. The van der Waals surface area contributed by atoms with E-state index in [0.717, 1.165) is 12.8 Å². The number of carbonyl (C=O) groups is 1. The van der Waals surface area contributed by atoms with Crippen molar-refractivity contribution in [1.82, 2.24) is 5.43 Å². The van der Waals surface area contributed by atoms with Crippen molar-refractivity contribution in [3.8, 4) is 0 Å². The number of hydrogen-bond acceptors (Lipinski definition) is 2.